The molecular weight excluding hydrogens is 434 g/mol. The molecule has 172 valence electrons. The number of nitrogens with one attached hydrogen (secondary N) is 1. The first-order valence-electron chi connectivity index (χ1n) is 10.5. The fourth-order valence-electron chi connectivity index (χ4n) is 3.75. The molecule has 0 unspecified atom stereocenters. The largest absolute Gasteiger partial charge is 0.394 e. The molecule has 0 saturated carbocycles. The Morgan fingerprint density at radius 3 is 2.76 bits per heavy atom. The Kier molecular flexibility index (Phi) is 5.84. The zero-order chi connectivity index (χ0) is 22.8. The molecule has 0 aliphatic carbocycles. The number of aliphatic hydroxyl groups excluding tert-OH is 1. The highest BCUT2D eigenvalue weighted by molar-refractivity contribution is 5.75. The van der Waals surface area contributed by atoms with Crippen LogP contribution in [0.2, 0.25) is 0 Å². The van der Waals surface area contributed by atoms with Crippen molar-refractivity contribution in [3.8, 4) is 0 Å². The van der Waals surface area contributed by atoms with Gasteiger partial charge in [0.2, 0.25) is 5.95 Å². The highest BCUT2D eigenvalue weighted by atomic mass is 19.1. The number of aliphatic hydroxyl groups is 1. The molecule has 1 aliphatic rings. The molecule has 1 aliphatic heterocycles. The summed E-state index contributed by atoms with van der Waals surface area (Å²) >= 11 is 0. The van der Waals surface area contributed by atoms with Crippen LogP contribution in [-0.2, 0) is 17.8 Å². The second-order valence-electron chi connectivity index (χ2n) is 7.57. The SMILES string of the molecule is OCCn1cc(Nc2ncc3cnn(Cc4c(F)ccc(N5CCOCC5)c4F)c3n2)cn1. The standard InChI is InChI=1S/C21H22F2N8O2/c22-17-1-2-18(29-4-7-33-8-5-29)19(23)16(17)13-31-20-14(10-26-31)9-24-21(28-20)27-15-11-25-30(12-15)3-6-32/h1-2,9-12,32H,3-8,13H2,(H,24,27,28). The predicted molar refractivity (Wildman–Crippen MR) is 116 cm³/mol. The summed E-state index contributed by atoms with van der Waals surface area (Å²) in [6, 6.07) is 2.74. The Bertz CT molecular complexity index is 1270. The van der Waals surface area contributed by atoms with E-state index in [9.17, 15) is 4.39 Å². The summed E-state index contributed by atoms with van der Waals surface area (Å²) in [7, 11) is 0. The van der Waals surface area contributed by atoms with Crippen LogP contribution in [-0.4, -0.2) is 67.5 Å². The number of hydrogen-bond acceptors (Lipinski definition) is 8. The van der Waals surface area contributed by atoms with Crippen LogP contribution >= 0.6 is 0 Å². The minimum Gasteiger partial charge on any atom is -0.394 e. The lowest BCUT2D eigenvalue weighted by atomic mass is 10.1. The van der Waals surface area contributed by atoms with Gasteiger partial charge in [0.1, 0.15) is 5.82 Å². The van der Waals surface area contributed by atoms with E-state index in [-0.39, 0.29) is 24.7 Å². The third kappa shape index (κ3) is 4.34. The molecule has 10 nitrogen and oxygen atoms in total. The molecule has 0 radical (unpaired) electrons. The fraction of sp³-hybridized carbons (Fsp3) is 0.333. The zero-order valence-electron chi connectivity index (χ0n) is 17.7. The second kappa shape index (κ2) is 9.08. The predicted octanol–water partition coefficient (Wildman–Crippen LogP) is 1.92. The molecule has 0 atom stereocenters. The third-order valence-electron chi connectivity index (χ3n) is 5.42. The highest BCUT2D eigenvalue weighted by Gasteiger charge is 2.21. The lowest BCUT2D eigenvalue weighted by molar-refractivity contribution is 0.122. The molecule has 1 aromatic carbocycles. The van der Waals surface area contributed by atoms with Gasteiger partial charge >= 0.3 is 0 Å². The zero-order valence-corrected chi connectivity index (χ0v) is 17.7. The van der Waals surface area contributed by atoms with Crippen molar-refractivity contribution in [3.05, 3.63) is 54.1 Å². The van der Waals surface area contributed by atoms with Crippen LogP contribution in [0.5, 0.6) is 0 Å². The van der Waals surface area contributed by atoms with Crippen LogP contribution in [0, 0.1) is 11.6 Å². The van der Waals surface area contributed by atoms with Gasteiger partial charge in [-0.3, -0.25) is 4.68 Å². The van der Waals surface area contributed by atoms with Crippen LogP contribution in [0.3, 0.4) is 0 Å². The van der Waals surface area contributed by atoms with Gasteiger partial charge in [0, 0.05) is 31.0 Å². The lowest BCUT2D eigenvalue weighted by Gasteiger charge is -2.29. The molecule has 1 saturated heterocycles. The number of morpholine rings is 1. The van der Waals surface area contributed by atoms with Crippen molar-refractivity contribution in [1.82, 2.24) is 29.5 Å². The summed E-state index contributed by atoms with van der Waals surface area (Å²) < 4.78 is 38.3. The number of fused-ring (bicyclic) bond motifs is 1. The van der Waals surface area contributed by atoms with Gasteiger partial charge in [0.05, 0.1) is 62.1 Å². The molecule has 0 amide bonds. The van der Waals surface area contributed by atoms with E-state index < -0.39 is 11.6 Å². The summed E-state index contributed by atoms with van der Waals surface area (Å²) in [5.74, 6) is -0.961. The number of halogens is 2. The Morgan fingerprint density at radius 2 is 1.94 bits per heavy atom. The first kappa shape index (κ1) is 21.2. The van der Waals surface area contributed by atoms with Gasteiger partial charge in [-0.05, 0) is 12.1 Å². The topological polar surface area (TPSA) is 106 Å². The first-order valence-corrected chi connectivity index (χ1v) is 10.5. The van der Waals surface area contributed by atoms with E-state index in [1.807, 2.05) is 4.90 Å². The van der Waals surface area contributed by atoms with Gasteiger partial charge in [-0.25, -0.2) is 18.4 Å². The van der Waals surface area contributed by atoms with Crippen molar-refractivity contribution in [1.29, 1.82) is 0 Å². The molecule has 4 heterocycles. The minimum atomic E-state index is -0.642. The molecule has 4 aromatic rings. The number of benzene rings is 1. The van der Waals surface area contributed by atoms with E-state index in [0.29, 0.717) is 55.3 Å². The minimum absolute atomic E-state index is 0.0252. The van der Waals surface area contributed by atoms with E-state index in [0.717, 1.165) is 0 Å². The van der Waals surface area contributed by atoms with Gasteiger partial charge in [-0.2, -0.15) is 15.2 Å². The summed E-state index contributed by atoms with van der Waals surface area (Å²) in [6.07, 6.45) is 6.44. The number of hydrogen-bond donors (Lipinski definition) is 2. The van der Waals surface area contributed by atoms with E-state index in [1.165, 1.54) is 16.8 Å². The number of rotatable bonds is 7. The van der Waals surface area contributed by atoms with E-state index in [4.69, 9.17) is 9.84 Å². The number of anilines is 3. The van der Waals surface area contributed by atoms with E-state index in [2.05, 4.69) is 25.5 Å². The van der Waals surface area contributed by atoms with Crippen molar-refractivity contribution >= 4 is 28.4 Å². The van der Waals surface area contributed by atoms with Crippen molar-refractivity contribution in [3.63, 3.8) is 0 Å². The van der Waals surface area contributed by atoms with Crippen molar-refractivity contribution in [2.75, 3.05) is 43.1 Å². The third-order valence-corrected chi connectivity index (χ3v) is 5.42. The summed E-state index contributed by atoms with van der Waals surface area (Å²) in [6.45, 7) is 2.32. The van der Waals surface area contributed by atoms with E-state index in [1.54, 1.807) is 29.5 Å². The molecule has 12 heteroatoms. The summed E-state index contributed by atoms with van der Waals surface area (Å²) in [5, 5.41) is 21.1. The fourth-order valence-corrected chi connectivity index (χ4v) is 3.75. The maximum absolute atomic E-state index is 15.3. The summed E-state index contributed by atoms with van der Waals surface area (Å²) in [5.41, 5.74) is 1.35. The molecule has 1 fully saturated rings. The lowest BCUT2D eigenvalue weighted by Crippen LogP contribution is -2.37. The van der Waals surface area contributed by atoms with Crippen LogP contribution in [0.4, 0.5) is 26.1 Å². The van der Waals surface area contributed by atoms with Crippen molar-refractivity contribution in [2.24, 2.45) is 0 Å². The number of aromatic nitrogens is 6. The quantitative estimate of drug-likeness (QED) is 0.435. The number of ether oxygens (including phenoxy) is 1. The van der Waals surface area contributed by atoms with Gasteiger partial charge in [0.15, 0.2) is 11.5 Å². The number of nitrogens with zero attached hydrogens (tertiary/aromatic N) is 7. The first-order chi connectivity index (χ1) is 16.1. The Hall–Kier alpha value is -3.64. The monoisotopic (exact) mass is 456 g/mol. The average molecular weight is 456 g/mol. The molecule has 0 bridgehead atoms. The van der Waals surface area contributed by atoms with Crippen LogP contribution in [0.15, 0.2) is 36.9 Å². The molecule has 5 rings (SSSR count). The van der Waals surface area contributed by atoms with Crippen LogP contribution in [0.25, 0.3) is 11.0 Å². The molecule has 2 N–H and O–H groups in total. The smallest absolute Gasteiger partial charge is 0.229 e. The van der Waals surface area contributed by atoms with Crippen LogP contribution < -0.4 is 10.2 Å². The molecule has 33 heavy (non-hydrogen) atoms. The summed E-state index contributed by atoms with van der Waals surface area (Å²) in [4.78, 5) is 10.6. The van der Waals surface area contributed by atoms with Crippen LogP contribution in [0.1, 0.15) is 5.56 Å². The Labute approximate surface area is 187 Å². The molecule has 3 aromatic heterocycles. The maximum atomic E-state index is 15.3. The van der Waals surface area contributed by atoms with Gasteiger partial charge < -0.3 is 20.1 Å². The second-order valence-corrected chi connectivity index (χ2v) is 7.57. The van der Waals surface area contributed by atoms with Gasteiger partial charge in [-0.1, -0.05) is 0 Å². The average Bonchev–Trinajstić information content (AvgIpc) is 3.44. The molecule has 0 spiro atoms. The normalized spacial score (nSPS) is 14.2. The highest BCUT2D eigenvalue weighted by Crippen LogP contribution is 2.27. The van der Waals surface area contributed by atoms with Gasteiger partial charge in [-0.15, -0.1) is 0 Å². The Balaban J connectivity index is 1.42. The Morgan fingerprint density at radius 1 is 1.09 bits per heavy atom. The van der Waals surface area contributed by atoms with Gasteiger partial charge in [0.25, 0.3) is 0 Å². The molecular formula is C21H22F2N8O2. The van der Waals surface area contributed by atoms with Crippen molar-refractivity contribution in [2.45, 2.75) is 13.1 Å². The van der Waals surface area contributed by atoms with E-state index >= 15 is 4.39 Å². The maximum Gasteiger partial charge on any atom is 0.229 e. The van der Waals surface area contributed by atoms with Crippen molar-refractivity contribution < 1.29 is 18.6 Å².